The van der Waals surface area contributed by atoms with E-state index in [9.17, 15) is 31.5 Å². The fraction of sp³-hybridized carbons (Fsp3) is 0.120. The number of hydrogen-bond acceptors (Lipinski definition) is 5. The molecule has 0 aliphatic carbocycles. The van der Waals surface area contributed by atoms with Gasteiger partial charge in [-0.15, -0.1) is 0 Å². The lowest BCUT2D eigenvalue weighted by Gasteiger charge is -2.16. The molecule has 4 rings (SSSR count). The highest BCUT2D eigenvalue weighted by Gasteiger charge is 2.33. The Morgan fingerprint density at radius 1 is 0.946 bits per heavy atom. The van der Waals surface area contributed by atoms with Crippen molar-refractivity contribution < 1.29 is 45.8 Å². The fourth-order valence-electron chi connectivity index (χ4n) is 3.34. The number of halogens is 7. The highest BCUT2D eigenvalue weighted by molar-refractivity contribution is 6.42. The molecule has 0 saturated carbocycles. The summed E-state index contributed by atoms with van der Waals surface area (Å²) in [6, 6.07) is 7.30. The molecule has 0 saturated heterocycles. The Bertz CT molecular complexity index is 1480. The molecule has 12 heteroatoms. The van der Waals surface area contributed by atoms with Crippen molar-refractivity contribution in [3.05, 3.63) is 91.9 Å². The summed E-state index contributed by atoms with van der Waals surface area (Å²) in [5, 5.41) is 0.595. The maximum atomic E-state index is 13.9. The summed E-state index contributed by atoms with van der Waals surface area (Å²) in [6.45, 7) is 2.47. The third kappa shape index (κ3) is 4.86. The zero-order valence-corrected chi connectivity index (χ0v) is 20.2. The van der Waals surface area contributed by atoms with Gasteiger partial charge in [-0.2, -0.15) is 8.78 Å². The maximum absolute atomic E-state index is 13.9. The van der Waals surface area contributed by atoms with Gasteiger partial charge in [0.15, 0.2) is 17.6 Å². The second-order valence-corrected chi connectivity index (χ2v) is 8.57. The van der Waals surface area contributed by atoms with E-state index in [-0.39, 0.29) is 33.4 Å². The van der Waals surface area contributed by atoms with Crippen LogP contribution in [0.2, 0.25) is 10.0 Å². The predicted molar refractivity (Wildman–Crippen MR) is 123 cm³/mol. The van der Waals surface area contributed by atoms with Gasteiger partial charge in [0.1, 0.15) is 11.5 Å². The number of carbonyl (C=O) groups is 2. The van der Waals surface area contributed by atoms with Crippen molar-refractivity contribution in [2.24, 2.45) is 0 Å². The van der Waals surface area contributed by atoms with Crippen LogP contribution >= 0.6 is 23.2 Å². The zero-order valence-electron chi connectivity index (χ0n) is 18.7. The smallest absolute Gasteiger partial charge is 0.352 e. The van der Waals surface area contributed by atoms with E-state index in [1.165, 1.54) is 31.2 Å². The van der Waals surface area contributed by atoms with Crippen molar-refractivity contribution in [3.63, 3.8) is 0 Å². The molecular weight excluding hydrogens is 546 g/mol. The molecule has 37 heavy (non-hydrogen) atoms. The molecule has 1 unspecified atom stereocenters. The maximum Gasteiger partial charge on any atom is 0.352 e. The summed E-state index contributed by atoms with van der Waals surface area (Å²) >= 11 is 11.9. The molecule has 3 aromatic carbocycles. The van der Waals surface area contributed by atoms with Crippen LogP contribution in [-0.2, 0) is 4.79 Å². The van der Waals surface area contributed by atoms with E-state index >= 15 is 0 Å². The van der Waals surface area contributed by atoms with Crippen molar-refractivity contribution in [1.82, 2.24) is 0 Å². The molecule has 0 amide bonds. The third-order valence-electron chi connectivity index (χ3n) is 5.28. The van der Waals surface area contributed by atoms with Crippen LogP contribution in [0.4, 0.5) is 22.0 Å². The number of ketones is 1. The van der Waals surface area contributed by atoms with Crippen LogP contribution in [0.25, 0.3) is 6.08 Å². The molecule has 1 atom stereocenters. The number of esters is 1. The van der Waals surface area contributed by atoms with Gasteiger partial charge in [0.05, 0.1) is 15.6 Å². The third-order valence-corrected chi connectivity index (χ3v) is 6.02. The Morgan fingerprint density at radius 3 is 2.19 bits per heavy atom. The number of benzene rings is 3. The molecule has 3 aromatic rings. The van der Waals surface area contributed by atoms with Gasteiger partial charge in [-0.05, 0) is 49.8 Å². The Labute approximate surface area is 216 Å². The van der Waals surface area contributed by atoms with Crippen molar-refractivity contribution in [2.45, 2.75) is 20.0 Å². The minimum atomic E-state index is -2.37. The van der Waals surface area contributed by atoms with Crippen molar-refractivity contribution >= 4 is 41.0 Å². The monoisotopic (exact) mass is 558 g/mol. The van der Waals surface area contributed by atoms with Crippen LogP contribution in [0, 0.1) is 36.0 Å². The largest absolute Gasteiger partial charge is 0.473 e. The molecule has 1 aliphatic heterocycles. The van der Waals surface area contributed by atoms with Crippen LogP contribution in [0.1, 0.15) is 28.4 Å². The molecule has 5 nitrogen and oxygen atoms in total. The van der Waals surface area contributed by atoms with E-state index in [1.807, 2.05) is 0 Å². The molecule has 1 heterocycles. The first-order valence-corrected chi connectivity index (χ1v) is 11.1. The Morgan fingerprint density at radius 2 is 1.57 bits per heavy atom. The Hall–Kier alpha value is -3.63. The molecule has 192 valence electrons. The van der Waals surface area contributed by atoms with Crippen molar-refractivity contribution in [3.8, 4) is 17.2 Å². The van der Waals surface area contributed by atoms with Gasteiger partial charge >= 0.3 is 5.97 Å². The summed E-state index contributed by atoms with van der Waals surface area (Å²) in [6.07, 6.45) is -0.344. The number of rotatable bonds is 5. The summed E-state index contributed by atoms with van der Waals surface area (Å²) < 4.78 is 83.3. The summed E-state index contributed by atoms with van der Waals surface area (Å²) in [4.78, 5) is 25.2. The average Bonchev–Trinajstić information content (AvgIpc) is 3.18. The first-order valence-electron chi connectivity index (χ1n) is 10.3. The van der Waals surface area contributed by atoms with Gasteiger partial charge < -0.3 is 14.2 Å². The fourth-order valence-corrected chi connectivity index (χ4v) is 3.64. The molecule has 0 radical (unpaired) electrons. The molecule has 0 spiro atoms. The number of fused-ring (bicyclic) bond motifs is 1. The van der Waals surface area contributed by atoms with Gasteiger partial charge in [0.2, 0.25) is 34.9 Å². The summed E-state index contributed by atoms with van der Waals surface area (Å²) in [7, 11) is 0. The van der Waals surface area contributed by atoms with Gasteiger partial charge in [-0.1, -0.05) is 29.3 Å². The quantitative estimate of drug-likeness (QED) is 0.0843. The Kier molecular flexibility index (Phi) is 7.16. The zero-order chi connectivity index (χ0) is 27.2. The molecule has 0 bridgehead atoms. The second kappa shape index (κ2) is 10.0. The first-order chi connectivity index (χ1) is 17.4. The van der Waals surface area contributed by atoms with E-state index in [0.29, 0.717) is 10.6 Å². The second-order valence-electron chi connectivity index (χ2n) is 7.76. The molecule has 0 fully saturated rings. The number of ether oxygens (including phenoxy) is 3. The Balaban J connectivity index is 1.54. The molecule has 0 N–H and O–H groups in total. The van der Waals surface area contributed by atoms with Crippen LogP contribution in [-0.4, -0.2) is 17.9 Å². The summed E-state index contributed by atoms with van der Waals surface area (Å²) in [5.74, 6) is -14.6. The molecule has 1 aliphatic rings. The minimum absolute atomic E-state index is 0.0389. The van der Waals surface area contributed by atoms with E-state index in [0.717, 1.165) is 6.92 Å². The standard InChI is InChI=1S/C25H13Cl2F5O5/c1-9-15(37-25(34)10(2)35-24-20(31)18(29)17(28)19(30)21(24)32)6-4-12-22(33)16(36-23(9)12)8-11-3-5-13(26)14(27)7-11/h3-8,10H,1-2H3/b16-8-. The lowest BCUT2D eigenvalue weighted by Crippen LogP contribution is -2.29. The SMILES string of the molecule is Cc1c(OC(=O)C(C)Oc2c(F)c(F)c(F)c(F)c2F)ccc2c1O/C(=C\c1ccc(Cl)c(Cl)c1)C2=O. The van der Waals surface area contributed by atoms with Gasteiger partial charge in [-0.3, -0.25) is 4.79 Å². The number of carbonyl (C=O) groups excluding carboxylic acids is 2. The van der Waals surface area contributed by atoms with Crippen LogP contribution in [0.15, 0.2) is 36.1 Å². The van der Waals surface area contributed by atoms with Crippen LogP contribution in [0.5, 0.6) is 17.2 Å². The van der Waals surface area contributed by atoms with Crippen molar-refractivity contribution in [1.29, 1.82) is 0 Å². The summed E-state index contributed by atoms with van der Waals surface area (Å²) in [5.41, 5.74) is 0.934. The highest BCUT2D eigenvalue weighted by atomic mass is 35.5. The van der Waals surface area contributed by atoms with Gasteiger partial charge in [0, 0.05) is 5.56 Å². The topological polar surface area (TPSA) is 61.8 Å². The lowest BCUT2D eigenvalue weighted by molar-refractivity contribution is -0.141. The number of hydrogen-bond donors (Lipinski definition) is 0. The van der Waals surface area contributed by atoms with E-state index < -0.39 is 52.7 Å². The van der Waals surface area contributed by atoms with Crippen molar-refractivity contribution in [2.75, 3.05) is 0 Å². The number of Topliss-reactive ketones (excluding diaryl/α,β-unsaturated/α-hetero) is 1. The molecular formula is C25H13Cl2F5O5. The minimum Gasteiger partial charge on any atom is -0.473 e. The lowest BCUT2D eigenvalue weighted by atomic mass is 10.1. The molecule has 0 aromatic heterocycles. The average molecular weight is 559 g/mol. The highest BCUT2D eigenvalue weighted by Crippen LogP contribution is 2.40. The predicted octanol–water partition coefficient (Wildman–Crippen LogP) is 6.99. The van der Waals surface area contributed by atoms with Crippen LogP contribution < -0.4 is 14.2 Å². The van der Waals surface area contributed by atoms with Gasteiger partial charge in [0.25, 0.3) is 0 Å². The normalized spacial score (nSPS) is 14.4. The van der Waals surface area contributed by atoms with E-state index in [2.05, 4.69) is 0 Å². The van der Waals surface area contributed by atoms with E-state index in [4.69, 9.17) is 37.4 Å². The first kappa shape index (κ1) is 26.4. The van der Waals surface area contributed by atoms with E-state index in [1.54, 1.807) is 12.1 Å². The number of allylic oxidation sites excluding steroid dienone is 1. The van der Waals surface area contributed by atoms with Crippen LogP contribution in [0.3, 0.4) is 0 Å². The van der Waals surface area contributed by atoms with Gasteiger partial charge in [-0.25, -0.2) is 18.0 Å².